The molecule has 10 heteroatoms. The predicted octanol–water partition coefficient (Wildman–Crippen LogP) is 2.19. The van der Waals surface area contributed by atoms with Crippen molar-refractivity contribution in [3.63, 3.8) is 0 Å². The van der Waals surface area contributed by atoms with Gasteiger partial charge in [-0.15, -0.1) is 0 Å². The molecule has 1 amide bonds. The maximum atomic E-state index is 14.8. The molecule has 3 atom stereocenters. The zero-order valence-corrected chi connectivity index (χ0v) is 18.3. The topological polar surface area (TPSA) is 93.0 Å². The third kappa shape index (κ3) is 3.50. The van der Waals surface area contributed by atoms with Crippen LogP contribution in [0.5, 0.6) is 0 Å². The highest BCUT2D eigenvalue weighted by Gasteiger charge is 2.38. The van der Waals surface area contributed by atoms with Crippen LogP contribution in [0.25, 0.3) is 5.65 Å². The molecular weight excluding hydrogens is 427 g/mol. The number of anilines is 1. The second kappa shape index (κ2) is 7.96. The zero-order valence-electron chi connectivity index (χ0n) is 18.3. The van der Waals surface area contributed by atoms with Crippen molar-refractivity contribution in [2.75, 3.05) is 24.8 Å². The Kier molecular flexibility index (Phi) is 4.92. The standard InChI is InChI=1S/C23H25FN6O3/c1-13-3-2-4-14(24)9-15-18-6-8-32-30(18)20-5-7-29-22(28-20)16(10-26-29)23(31)27-17-11-25-12-19(17)33-21(13)15/h4-5,7,9-10,17-19,25H,2-3,6,8,11-12H2,1H3,(H,27,31)/b14-4+,15-9-,21-13+. The molecule has 172 valence electrons. The van der Waals surface area contributed by atoms with E-state index in [1.165, 1.54) is 6.20 Å². The van der Waals surface area contributed by atoms with Crippen LogP contribution in [0.3, 0.4) is 0 Å². The summed E-state index contributed by atoms with van der Waals surface area (Å²) in [7, 11) is 0. The highest BCUT2D eigenvalue weighted by molar-refractivity contribution is 6.00. The summed E-state index contributed by atoms with van der Waals surface area (Å²) in [6.07, 6.45) is 8.08. The molecule has 3 unspecified atom stereocenters. The summed E-state index contributed by atoms with van der Waals surface area (Å²) in [5.41, 5.74) is 2.59. The molecule has 3 aliphatic heterocycles. The van der Waals surface area contributed by atoms with Gasteiger partial charge in [-0.2, -0.15) is 5.10 Å². The number of carbonyl (C=O) groups excluding carboxylic acids is 1. The predicted molar refractivity (Wildman–Crippen MR) is 118 cm³/mol. The highest BCUT2D eigenvalue weighted by atomic mass is 19.1. The van der Waals surface area contributed by atoms with Crippen LogP contribution in [0.1, 0.15) is 36.5 Å². The van der Waals surface area contributed by atoms with Crippen LogP contribution in [0.15, 0.2) is 53.3 Å². The van der Waals surface area contributed by atoms with Crippen LogP contribution in [0.2, 0.25) is 0 Å². The Morgan fingerprint density at radius 1 is 1.30 bits per heavy atom. The van der Waals surface area contributed by atoms with Crippen LogP contribution in [-0.4, -0.2) is 58.4 Å². The molecule has 2 N–H and O–H groups in total. The van der Waals surface area contributed by atoms with Crippen LogP contribution < -0.4 is 15.7 Å². The van der Waals surface area contributed by atoms with E-state index in [1.807, 2.05) is 6.92 Å². The molecule has 2 bridgehead atoms. The van der Waals surface area contributed by atoms with Crippen molar-refractivity contribution in [3.05, 3.63) is 58.9 Å². The summed E-state index contributed by atoms with van der Waals surface area (Å²) in [5, 5.41) is 12.4. The van der Waals surface area contributed by atoms with Crippen molar-refractivity contribution >= 4 is 17.4 Å². The van der Waals surface area contributed by atoms with E-state index in [-0.39, 0.29) is 29.9 Å². The van der Waals surface area contributed by atoms with Crippen molar-refractivity contribution in [2.24, 2.45) is 0 Å². The number of aromatic nitrogens is 3. The molecule has 2 saturated heterocycles. The van der Waals surface area contributed by atoms with E-state index in [4.69, 9.17) is 14.6 Å². The molecule has 9 nitrogen and oxygen atoms in total. The number of hydrogen-bond acceptors (Lipinski definition) is 7. The molecule has 6 rings (SSSR count). The van der Waals surface area contributed by atoms with E-state index < -0.39 is 0 Å². The molecule has 0 saturated carbocycles. The van der Waals surface area contributed by atoms with Gasteiger partial charge in [0.1, 0.15) is 23.3 Å². The van der Waals surface area contributed by atoms with Crippen molar-refractivity contribution < 1.29 is 18.8 Å². The first-order valence-corrected chi connectivity index (χ1v) is 11.3. The highest BCUT2D eigenvalue weighted by Crippen LogP contribution is 2.36. The number of halogens is 1. The van der Waals surface area contributed by atoms with Gasteiger partial charge < -0.3 is 15.4 Å². The fourth-order valence-corrected chi connectivity index (χ4v) is 4.92. The molecule has 2 aromatic heterocycles. The lowest BCUT2D eigenvalue weighted by Gasteiger charge is -2.30. The van der Waals surface area contributed by atoms with Gasteiger partial charge in [0.05, 0.1) is 24.9 Å². The van der Waals surface area contributed by atoms with Gasteiger partial charge in [-0.05, 0) is 37.5 Å². The first kappa shape index (κ1) is 20.4. The number of hydrogen-bond donors (Lipinski definition) is 2. The minimum absolute atomic E-state index is 0.250. The van der Waals surface area contributed by atoms with Crippen LogP contribution >= 0.6 is 0 Å². The van der Waals surface area contributed by atoms with Crippen molar-refractivity contribution in [1.82, 2.24) is 25.2 Å². The maximum absolute atomic E-state index is 14.8. The van der Waals surface area contributed by atoms with Gasteiger partial charge in [0.25, 0.3) is 5.91 Å². The summed E-state index contributed by atoms with van der Waals surface area (Å²) >= 11 is 0. The van der Waals surface area contributed by atoms with Crippen LogP contribution in [0.4, 0.5) is 10.2 Å². The maximum Gasteiger partial charge on any atom is 0.257 e. The Hall–Kier alpha value is -3.24. The molecule has 2 aromatic rings. The number of carbonyl (C=O) groups is 1. The summed E-state index contributed by atoms with van der Waals surface area (Å²) < 4.78 is 22.9. The van der Waals surface area contributed by atoms with Crippen molar-refractivity contribution in [1.29, 1.82) is 0 Å². The van der Waals surface area contributed by atoms with Gasteiger partial charge in [0, 0.05) is 37.3 Å². The lowest BCUT2D eigenvalue weighted by molar-refractivity contribution is 0.0822. The zero-order chi connectivity index (χ0) is 22.5. The van der Waals surface area contributed by atoms with E-state index in [0.29, 0.717) is 61.7 Å². The van der Waals surface area contributed by atoms with Crippen molar-refractivity contribution in [2.45, 2.75) is 44.4 Å². The molecule has 0 radical (unpaired) electrons. The van der Waals surface area contributed by atoms with E-state index in [2.05, 4.69) is 15.7 Å². The fraction of sp³-hybridized carbons (Fsp3) is 0.435. The van der Waals surface area contributed by atoms with E-state index in [9.17, 15) is 9.18 Å². The average molecular weight is 452 g/mol. The quantitative estimate of drug-likeness (QED) is 0.633. The third-order valence-electron chi connectivity index (χ3n) is 6.63. The number of fused-ring (bicyclic) bond motifs is 6. The molecule has 5 heterocycles. The summed E-state index contributed by atoms with van der Waals surface area (Å²) in [6, 6.07) is 1.25. The molecular formula is C23H25FN6O3. The van der Waals surface area contributed by atoms with Gasteiger partial charge in [0.15, 0.2) is 11.5 Å². The van der Waals surface area contributed by atoms with Crippen LogP contribution in [0, 0.1) is 0 Å². The minimum Gasteiger partial charge on any atom is -0.487 e. The molecule has 33 heavy (non-hydrogen) atoms. The number of rotatable bonds is 0. The molecule has 2 fully saturated rings. The van der Waals surface area contributed by atoms with E-state index in [1.54, 1.807) is 34.0 Å². The van der Waals surface area contributed by atoms with E-state index >= 15 is 0 Å². The largest absolute Gasteiger partial charge is 0.487 e. The van der Waals surface area contributed by atoms with Gasteiger partial charge in [-0.25, -0.2) is 19.0 Å². The van der Waals surface area contributed by atoms with Crippen LogP contribution in [-0.2, 0) is 9.57 Å². The number of nitrogens with zero attached hydrogens (tertiary/aromatic N) is 4. The Balaban J connectivity index is 1.55. The Morgan fingerprint density at radius 3 is 3.12 bits per heavy atom. The Bertz CT molecular complexity index is 1220. The van der Waals surface area contributed by atoms with Crippen molar-refractivity contribution in [3.8, 4) is 0 Å². The molecule has 4 aliphatic rings. The third-order valence-corrected chi connectivity index (χ3v) is 6.63. The summed E-state index contributed by atoms with van der Waals surface area (Å²) in [6.45, 7) is 3.64. The molecule has 1 aliphatic carbocycles. The monoisotopic (exact) mass is 452 g/mol. The van der Waals surface area contributed by atoms with Gasteiger partial charge in [-0.3, -0.25) is 9.63 Å². The number of ether oxygens (including phenoxy) is 1. The van der Waals surface area contributed by atoms with Gasteiger partial charge >= 0.3 is 0 Å². The number of hydroxylamine groups is 1. The second-order valence-electron chi connectivity index (χ2n) is 8.81. The minimum atomic E-state index is -0.299. The lowest BCUT2D eigenvalue weighted by Crippen LogP contribution is -2.44. The average Bonchev–Trinajstić information content (AvgIpc) is 3.53. The number of allylic oxidation sites excluding steroid dienone is 4. The number of amides is 1. The Labute approximate surface area is 189 Å². The number of nitrogens with one attached hydrogen (secondary N) is 2. The lowest BCUT2D eigenvalue weighted by atomic mass is 9.95. The normalized spacial score (nSPS) is 33.1. The SMILES string of the molecule is C\C1=C2/OC3CNCC3NC(=O)c3cnn4ccc(nc34)N3OCCC3/C2=C/C(F)=C\CC1. The Morgan fingerprint density at radius 2 is 2.21 bits per heavy atom. The summed E-state index contributed by atoms with van der Waals surface area (Å²) in [4.78, 5) is 23.8. The van der Waals surface area contributed by atoms with Gasteiger partial charge in [0.2, 0.25) is 0 Å². The fourth-order valence-electron chi connectivity index (χ4n) is 4.92. The molecule has 0 spiro atoms. The first-order valence-electron chi connectivity index (χ1n) is 11.3. The van der Waals surface area contributed by atoms with Gasteiger partial charge in [-0.1, -0.05) is 0 Å². The molecule has 0 aromatic carbocycles. The van der Waals surface area contributed by atoms with E-state index in [0.717, 1.165) is 11.1 Å². The second-order valence-corrected chi connectivity index (χ2v) is 8.81. The summed E-state index contributed by atoms with van der Waals surface area (Å²) in [5.74, 6) is 0.661. The first-order chi connectivity index (χ1) is 16.1. The smallest absolute Gasteiger partial charge is 0.257 e.